The summed E-state index contributed by atoms with van der Waals surface area (Å²) in [4.78, 5) is 28.5. The molecule has 0 amide bonds. The Morgan fingerprint density at radius 3 is 2.48 bits per heavy atom. The molecule has 0 bridgehead atoms. The van der Waals surface area contributed by atoms with Gasteiger partial charge in [-0.1, -0.05) is 42.0 Å². The number of nitro benzene ring substituents is 1. The quantitative estimate of drug-likeness (QED) is 0.390. The number of hydrogen-bond donors (Lipinski definition) is 0. The molecular weight excluding hydrogens is 362 g/mol. The van der Waals surface area contributed by atoms with Crippen molar-refractivity contribution in [3.05, 3.63) is 91.8 Å². The molecule has 2 heterocycles. The van der Waals surface area contributed by atoms with Crippen molar-refractivity contribution in [1.82, 2.24) is 9.55 Å². The fourth-order valence-electron chi connectivity index (χ4n) is 2.95. The van der Waals surface area contributed by atoms with Gasteiger partial charge in [0.1, 0.15) is 4.83 Å². The highest BCUT2D eigenvalue weighted by molar-refractivity contribution is 7.17. The Hall–Kier alpha value is -3.32. The van der Waals surface area contributed by atoms with Crippen molar-refractivity contribution in [3.8, 4) is 11.1 Å². The Balaban J connectivity index is 1.75. The molecule has 0 aliphatic rings. The number of nitro groups is 1. The van der Waals surface area contributed by atoms with Gasteiger partial charge in [-0.2, -0.15) is 0 Å². The first-order valence-electron chi connectivity index (χ1n) is 8.30. The van der Waals surface area contributed by atoms with Crippen LogP contribution in [-0.2, 0) is 6.54 Å². The number of nitrogens with zero attached hydrogens (tertiary/aromatic N) is 3. The predicted octanol–water partition coefficient (Wildman–Crippen LogP) is 4.39. The molecule has 0 atom stereocenters. The zero-order valence-electron chi connectivity index (χ0n) is 14.5. The van der Waals surface area contributed by atoms with Gasteiger partial charge in [0.2, 0.25) is 0 Å². The van der Waals surface area contributed by atoms with Crippen LogP contribution in [0.4, 0.5) is 5.69 Å². The molecule has 0 saturated carbocycles. The minimum Gasteiger partial charge on any atom is -0.294 e. The van der Waals surface area contributed by atoms with Crippen molar-refractivity contribution >= 4 is 27.2 Å². The van der Waals surface area contributed by atoms with Gasteiger partial charge in [-0.25, -0.2) is 4.98 Å². The normalized spacial score (nSPS) is 11.0. The van der Waals surface area contributed by atoms with Gasteiger partial charge >= 0.3 is 0 Å². The number of benzene rings is 2. The Labute approximate surface area is 158 Å². The first kappa shape index (κ1) is 17.1. The predicted molar refractivity (Wildman–Crippen MR) is 106 cm³/mol. The van der Waals surface area contributed by atoms with E-state index < -0.39 is 4.92 Å². The molecule has 7 heteroatoms. The summed E-state index contributed by atoms with van der Waals surface area (Å²) in [7, 11) is 0. The van der Waals surface area contributed by atoms with E-state index in [1.54, 1.807) is 12.1 Å². The maximum Gasteiger partial charge on any atom is 0.269 e. The Bertz CT molecular complexity index is 1190. The van der Waals surface area contributed by atoms with Crippen LogP contribution in [0.3, 0.4) is 0 Å². The lowest BCUT2D eigenvalue weighted by molar-refractivity contribution is -0.384. The summed E-state index contributed by atoms with van der Waals surface area (Å²) in [6.07, 6.45) is 1.53. The molecule has 4 aromatic rings. The van der Waals surface area contributed by atoms with E-state index in [9.17, 15) is 14.9 Å². The summed E-state index contributed by atoms with van der Waals surface area (Å²) in [5, 5.41) is 13.3. The van der Waals surface area contributed by atoms with Gasteiger partial charge in [-0.15, -0.1) is 11.3 Å². The highest BCUT2D eigenvalue weighted by Crippen LogP contribution is 2.30. The summed E-state index contributed by atoms with van der Waals surface area (Å²) >= 11 is 1.45. The molecule has 0 spiro atoms. The summed E-state index contributed by atoms with van der Waals surface area (Å²) in [5.74, 6) is 0. The van der Waals surface area contributed by atoms with Gasteiger partial charge in [0.05, 0.1) is 23.2 Å². The van der Waals surface area contributed by atoms with Crippen LogP contribution in [0.1, 0.15) is 11.1 Å². The third-order valence-corrected chi connectivity index (χ3v) is 5.31. The summed E-state index contributed by atoms with van der Waals surface area (Å²) in [6.45, 7) is 2.33. The van der Waals surface area contributed by atoms with E-state index in [2.05, 4.69) is 4.98 Å². The van der Waals surface area contributed by atoms with E-state index in [1.807, 2.05) is 36.6 Å². The van der Waals surface area contributed by atoms with Crippen molar-refractivity contribution in [2.45, 2.75) is 13.5 Å². The number of aromatic nitrogens is 2. The van der Waals surface area contributed by atoms with Crippen molar-refractivity contribution in [2.75, 3.05) is 0 Å². The Morgan fingerprint density at radius 1 is 1.11 bits per heavy atom. The monoisotopic (exact) mass is 377 g/mol. The molecule has 0 unspecified atom stereocenters. The van der Waals surface area contributed by atoms with Crippen LogP contribution >= 0.6 is 11.3 Å². The van der Waals surface area contributed by atoms with Gasteiger partial charge in [-0.05, 0) is 18.1 Å². The molecule has 2 aromatic carbocycles. The first-order chi connectivity index (χ1) is 13.0. The second-order valence-electron chi connectivity index (χ2n) is 6.30. The second-order valence-corrected chi connectivity index (χ2v) is 7.15. The van der Waals surface area contributed by atoms with Crippen LogP contribution in [0, 0.1) is 17.0 Å². The van der Waals surface area contributed by atoms with E-state index in [1.165, 1.54) is 34.4 Å². The Kier molecular flexibility index (Phi) is 4.29. The van der Waals surface area contributed by atoms with Crippen LogP contribution < -0.4 is 5.56 Å². The number of hydrogen-bond acceptors (Lipinski definition) is 5. The largest absolute Gasteiger partial charge is 0.294 e. The zero-order chi connectivity index (χ0) is 19.0. The summed E-state index contributed by atoms with van der Waals surface area (Å²) in [6, 6.07) is 14.2. The van der Waals surface area contributed by atoms with Gasteiger partial charge < -0.3 is 0 Å². The minimum atomic E-state index is -0.442. The summed E-state index contributed by atoms with van der Waals surface area (Å²) < 4.78 is 1.54. The smallest absolute Gasteiger partial charge is 0.269 e. The average Bonchev–Trinajstić information content (AvgIpc) is 3.10. The molecule has 6 nitrogen and oxygen atoms in total. The average molecular weight is 377 g/mol. The lowest BCUT2D eigenvalue weighted by Crippen LogP contribution is -2.20. The molecular formula is C20H15N3O3S. The van der Waals surface area contributed by atoms with Crippen molar-refractivity contribution in [2.24, 2.45) is 0 Å². The van der Waals surface area contributed by atoms with Crippen LogP contribution in [0.2, 0.25) is 0 Å². The van der Waals surface area contributed by atoms with Crippen molar-refractivity contribution < 1.29 is 4.92 Å². The van der Waals surface area contributed by atoms with Crippen LogP contribution in [0.25, 0.3) is 21.3 Å². The standard InChI is InChI=1S/C20H15N3O3S/c1-13-2-6-15(7-3-13)17-11-27-19-18(17)20(24)22(12-21-19)10-14-4-8-16(9-5-14)23(25)26/h2-9,11-12H,10H2,1H3. The topological polar surface area (TPSA) is 78.0 Å². The van der Waals surface area contributed by atoms with Crippen molar-refractivity contribution in [1.29, 1.82) is 0 Å². The van der Waals surface area contributed by atoms with E-state index in [0.29, 0.717) is 16.8 Å². The van der Waals surface area contributed by atoms with Gasteiger partial charge in [-0.3, -0.25) is 19.5 Å². The van der Waals surface area contributed by atoms with E-state index in [4.69, 9.17) is 0 Å². The van der Waals surface area contributed by atoms with Crippen LogP contribution in [0.15, 0.2) is 65.0 Å². The lowest BCUT2D eigenvalue weighted by Gasteiger charge is -2.07. The molecule has 134 valence electrons. The lowest BCUT2D eigenvalue weighted by atomic mass is 10.1. The number of non-ortho nitro benzene ring substituents is 1. The fraction of sp³-hybridized carbons (Fsp3) is 0.100. The van der Waals surface area contributed by atoms with Crippen molar-refractivity contribution in [3.63, 3.8) is 0 Å². The maximum absolute atomic E-state index is 13.1. The van der Waals surface area contributed by atoms with Crippen LogP contribution in [0.5, 0.6) is 0 Å². The molecule has 0 N–H and O–H groups in total. The molecule has 0 radical (unpaired) electrons. The first-order valence-corrected chi connectivity index (χ1v) is 9.18. The van der Waals surface area contributed by atoms with E-state index in [-0.39, 0.29) is 11.2 Å². The molecule has 0 fully saturated rings. The summed E-state index contributed by atoms with van der Waals surface area (Å²) in [5.41, 5.74) is 3.74. The van der Waals surface area contributed by atoms with Gasteiger partial charge in [0.25, 0.3) is 11.2 Å². The SMILES string of the molecule is Cc1ccc(-c2csc3ncn(Cc4ccc([N+](=O)[O-])cc4)c(=O)c23)cc1. The number of thiophene rings is 1. The Morgan fingerprint density at radius 2 is 1.81 bits per heavy atom. The third kappa shape index (κ3) is 3.24. The molecule has 27 heavy (non-hydrogen) atoms. The second kappa shape index (κ2) is 6.77. The minimum absolute atomic E-state index is 0.0270. The highest BCUT2D eigenvalue weighted by atomic mass is 32.1. The number of aryl methyl sites for hydroxylation is 1. The van der Waals surface area contributed by atoms with E-state index in [0.717, 1.165) is 22.3 Å². The molecule has 0 aliphatic heterocycles. The van der Waals surface area contributed by atoms with Crippen LogP contribution in [-0.4, -0.2) is 14.5 Å². The van der Waals surface area contributed by atoms with Gasteiger partial charge in [0, 0.05) is 23.1 Å². The zero-order valence-corrected chi connectivity index (χ0v) is 15.3. The molecule has 2 aromatic heterocycles. The van der Waals surface area contributed by atoms with Gasteiger partial charge in [0.15, 0.2) is 0 Å². The molecule has 4 rings (SSSR count). The number of fused-ring (bicyclic) bond motifs is 1. The molecule has 0 saturated heterocycles. The number of rotatable bonds is 4. The molecule has 0 aliphatic carbocycles. The maximum atomic E-state index is 13.1. The fourth-order valence-corrected chi connectivity index (χ4v) is 3.85. The third-order valence-electron chi connectivity index (χ3n) is 4.42. The van der Waals surface area contributed by atoms with E-state index >= 15 is 0 Å². The highest BCUT2D eigenvalue weighted by Gasteiger charge is 2.14.